The molecule has 194 valence electrons. The van der Waals surface area contributed by atoms with Gasteiger partial charge in [-0.25, -0.2) is 4.79 Å². The molecule has 6 heteroatoms. The molecule has 1 fully saturated rings. The van der Waals surface area contributed by atoms with Crippen LogP contribution in [0.1, 0.15) is 37.3 Å². The molecule has 0 bridgehead atoms. The Morgan fingerprint density at radius 2 is 1.78 bits per heavy atom. The van der Waals surface area contributed by atoms with Gasteiger partial charge in [0, 0.05) is 43.1 Å². The Hall–Kier alpha value is -3.77. The lowest BCUT2D eigenvalue weighted by molar-refractivity contribution is -0.132. The quantitative estimate of drug-likeness (QED) is 0.402. The first-order valence-electron chi connectivity index (χ1n) is 12.8. The molecule has 6 nitrogen and oxygen atoms in total. The van der Waals surface area contributed by atoms with Crippen LogP contribution in [-0.4, -0.2) is 44.6 Å². The third kappa shape index (κ3) is 6.92. The van der Waals surface area contributed by atoms with Crippen LogP contribution in [-0.2, 0) is 16.1 Å². The molecule has 0 unspecified atom stereocenters. The van der Waals surface area contributed by atoms with Crippen LogP contribution in [0, 0.1) is 0 Å². The molecule has 2 heterocycles. The molecule has 2 aliphatic rings. The number of anilines is 1. The molecule has 3 aromatic carbocycles. The van der Waals surface area contributed by atoms with Gasteiger partial charge in [-0.1, -0.05) is 36.4 Å². The number of rotatable bonds is 7. The van der Waals surface area contributed by atoms with Gasteiger partial charge in [-0.05, 0) is 79.3 Å². The number of fused-ring (bicyclic) bond motifs is 1. The number of aliphatic carboxylic acids is 1. The molecule has 37 heavy (non-hydrogen) atoms. The Labute approximate surface area is 219 Å². The summed E-state index contributed by atoms with van der Waals surface area (Å²) in [6.45, 7) is 5.87. The van der Waals surface area contributed by atoms with Crippen molar-refractivity contribution in [2.45, 2.75) is 32.7 Å². The van der Waals surface area contributed by atoms with E-state index < -0.39 is 5.97 Å². The molecule has 2 aliphatic heterocycles. The Balaban J connectivity index is 0.000000572. The van der Waals surface area contributed by atoms with Crippen LogP contribution in [0.15, 0.2) is 72.3 Å². The van der Waals surface area contributed by atoms with E-state index in [2.05, 4.69) is 23.1 Å². The average Bonchev–Trinajstić information content (AvgIpc) is 3.46. The first-order valence-corrected chi connectivity index (χ1v) is 12.8. The molecule has 5 rings (SSSR count). The summed E-state index contributed by atoms with van der Waals surface area (Å²) in [5, 5.41) is 9.70. The number of ether oxygens (including phenoxy) is 3. The number of carboxylic acids is 1. The fraction of sp³-hybridized carbons (Fsp3) is 0.323. The van der Waals surface area contributed by atoms with E-state index in [0.717, 1.165) is 52.7 Å². The van der Waals surface area contributed by atoms with Crippen molar-refractivity contribution in [3.63, 3.8) is 0 Å². The van der Waals surface area contributed by atoms with Gasteiger partial charge in [0.15, 0.2) is 0 Å². The van der Waals surface area contributed by atoms with Crippen molar-refractivity contribution in [3.8, 4) is 22.6 Å². The summed E-state index contributed by atoms with van der Waals surface area (Å²) in [6.07, 6.45) is 4.84. The molecule has 3 aromatic rings. The number of hydrogen-bond donors (Lipinski definition) is 1. The van der Waals surface area contributed by atoms with Crippen molar-refractivity contribution in [2.75, 3.05) is 38.4 Å². The third-order valence-electron chi connectivity index (χ3n) is 6.48. The number of carboxylic acid groups (broad SMARTS) is 1. The van der Waals surface area contributed by atoms with Gasteiger partial charge >= 0.3 is 5.97 Å². The van der Waals surface area contributed by atoms with Crippen molar-refractivity contribution in [2.24, 2.45) is 0 Å². The number of benzene rings is 3. The fourth-order valence-corrected chi connectivity index (χ4v) is 4.54. The van der Waals surface area contributed by atoms with E-state index >= 15 is 0 Å². The summed E-state index contributed by atoms with van der Waals surface area (Å²) >= 11 is 0. The summed E-state index contributed by atoms with van der Waals surface area (Å²) < 4.78 is 16.0. The second kappa shape index (κ2) is 13.0. The second-order valence-electron chi connectivity index (χ2n) is 9.02. The summed E-state index contributed by atoms with van der Waals surface area (Å²) in [4.78, 5) is 14.1. The van der Waals surface area contributed by atoms with E-state index in [1.807, 2.05) is 55.5 Å². The highest BCUT2D eigenvalue weighted by Crippen LogP contribution is 2.36. The van der Waals surface area contributed by atoms with Crippen molar-refractivity contribution in [1.29, 1.82) is 0 Å². The van der Waals surface area contributed by atoms with Gasteiger partial charge in [0.25, 0.3) is 0 Å². The van der Waals surface area contributed by atoms with Gasteiger partial charge in [0.05, 0.1) is 13.7 Å². The molecule has 1 saturated heterocycles. The van der Waals surface area contributed by atoms with Crippen LogP contribution in [0.25, 0.3) is 17.2 Å². The van der Waals surface area contributed by atoms with Gasteiger partial charge in [-0.3, -0.25) is 0 Å². The van der Waals surface area contributed by atoms with E-state index in [1.54, 1.807) is 13.2 Å². The molecule has 0 aliphatic carbocycles. The second-order valence-corrected chi connectivity index (χ2v) is 9.02. The van der Waals surface area contributed by atoms with E-state index in [-0.39, 0.29) is 0 Å². The van der Waals surface area contributed by atoms with Crippen LogP contribution in [0.2, 0.25) is 0 Å². The van der Waals surface area contributed by atoms with Crippen LogP contribution in [0.3, 0.4) is 0 Å². The zero-order valence-electron chi connectivity index (χ0n) is 21.6. The maximum atomic E-state index is 11.8. The van der Waals surface area contributed by atoms with E-state index in [0.29, 0.717) is 31.7 Å². The smallest absolute Gasteiger partial charge is 0.331 e. The summed E-state index contributed by atoms with van der Waals surface area (Å²) in [5.74, 6) is 0.765. The minimum absolute atomic E-state index is 0.415. The number of para-hydroxylation sites is 1. The van der Waals surface area contributed by atoms with E-state index in [4.69, 9.17) is 14.2 Å². The molecule has 0 saturated carbocycles. The molecule has 1 N–H and O–H groups in total. The van der Waals surface area contributed by atoms with Crippen molar-refractivity contribution < 1.29 is 24.1 Å². The molecule has 0 spiro atoms. The monoisotopic (exact) mass is 501 g/mol. The number of methoxy groups -OCH3 is 1. The Morgan fingerprint density at radius 3 is 2.43 bits per heavy atom. The summed E-state index contributed by atoms with van der Waals surface area (Å²) in [5.41, 5.74) is 5.47. The average molecular weight is 502 g/mol. The lowest BCUT2D eigenvalue weighted by Gasteiger charge is -2.26. The normalized spacial score (nSPS) is 14.5. The first kappa shape index (κ1) is 26.3. The Morgan fingerprint density at radius 1 is 1.03 bits per heavy atom. The molecular formula is C31H35NO5. The van der Waals surface area contributed by atoms with Crippen LogP contribution in [0.5, 0.6) is 11.5 Å². The SMILES string of the molecule is C1CCOC1.CCOc1ccccc1-c1ccc2c(c1)C=C(C(=O)O)CCN2Cc1ccc(OC)cc1. The lowest BCUT2D eigenvalue weighted by atomic mass is 9.99. The Bertz CT molecular complexity index is 1210. The predicted molar refractivity (Wildman–Crippen MR) is 147 cm³/mol. The molecule has 0 aromatic heterocycles. The minimum atomic E-state index is -0.873. The van der Waals surface area contributed by atoms with Gasteiger partial charge in [-0.2, -0.15) is 0 Å². The highest BCUT2D eigenvalue weighted by Gasteiger charge is 2.20. The molecule has 0 radical (unpaired) electrons. The van der Waals surface area contributed by atoms with E-state index in [1.165, 1.54) is 12.8 Å². The van der Waals surface area contributed by atoms with Gasteiger partial charge in [-0.15, -0.1) is 0 Å². The van der Waals surface area contributed by atoms with Crippen LogP contribution >= 0.6 is 0 Å². The third-order valence-corrected chi connectivity index (χ3v) is 6.48. The predicted octanol–water partition coefficient (Wildman–Crippen LogP) is 6.44. The minimum Gasteiger partial charge on any atom is -0.497 e. The zero-order chi connectivity index (χ0) is 26.0. The molecular weight excluding hydrogens is 466 g/mol. The highest BCUT2D eigenvalue weighted by molar-refractivity contribution is 5.94. The largest absolute Gasteiger partial charge is 0.497 e. The standard InChI is InChI=1S/C27H27NO4.C4H8O/c1-3-32-26-7-5-4-6-24(26)20-10-13-25-22(16-20)17-21(27(29)30)14-15-28(25)18-19-8-11-23(31-2)12-9-19;1-2-4-5-3-1/h4-13,16-17H,3,14-15,18H2,1-2H3,(H,29,30);1-4H2. The summed E-state index contributed by atoms with van der Waals surface area (Å²) in [7, 11) is 1.65. The number of carbonyl (C=O) groups is 1. The maximum Gasteiger partial charge on any atom is 0.331 e. The van der Waals surface area contributed by atoms with Gasteiger partial charge in [0.2, 0.25) is 0 Å². The van der Waals surface area contributed by atoms with Gasteiger partial charge in [0.1, 0.15) is 11.5 Å². The van der Waals surface area contributed by atoms with E-state index in [9.17, 15) is 9.90 Å². The van der Waals surface area contributed by atoms with Crippen molar-refractivity contribution in [1.82, 2.24) is 0 Å². The van der Waals surface area contributed by atoms with Gasteiger partial charge < -0.3 is 24.2 Å². The zero-order valence-corrected chi connectivity index (χ0v) is 21.6. The van der Waals surface area contributed by atoms with Crippen molar-refractivity contribution in [3.05, 3.63) is 83.4 Å². The maximum absolute atomic E-state index is 11.8. The number of hydrogen-bond acceptors (Lipinski definition) is 5. The first-order chi connectivity index (χ1) is 18.1. The van der Waals surface area contributed by atoms with Crippen LogP contribution < -0.4 is 14.4 Å². The number of nitrogens with zero attached hydrogens (tertiary/aromatic N) is 1. The van der Waals surface area contributed by atoms with Crippen LogP contribution in [0.4, 0.5) is 5.69 Å². The Kier molecular flexibility index (Phi) is 9.22. The molecule has 0 amide bonds. The summed E-state index contributed by atoms with van der Waals surface area (Å²) in [6, 6.07) is 22.1. The molecule has 0 atom stereocenters. The topological polar surface area (TPSA) is 68.2 Å². The lowest BCUT2D eigenvalue weighted by Crippen LogP contribution is -2.24. The highest BCUT2D eigenvalue weighted by atomic mass is 16.5. The van der Waals surface area contributed by atoms with Crippen molar-refractivity contribution >= 4 is 17.7 Å². The fourth-order valence-electron chi connectivity index (χ4n) is 4.54.